The van der Waals surface area contributed by atoms with Gasteiger partial charge < -0.3 is 14.8 Å². The molecule has 3 amide bonds. The Morgan fingerprint density at radius 1 is 1.19 bits per heavy atom. The monoisotopic (exact) mass is 468 g/mol. The van der Waals surface area contributed by atoms with Gasteiger partial charge in [0.2, 0.25) is 0 Å². The average molecular weight is 468 g/mol. The molecule has 3 rings (SSSR count). The standard InChI is InChI=1S/C18H14FIN2O4/c1-25-15-8-10(7-14-17(23)22-18(24)21-14)6-13(20)16(15)26-9-11-4-2-3-5-12(11)19/h2-8H,9H2,1H3,(H2,21,22,23,24)/b14-7+. The number of benzene rings is 2. The number of carbonyl (C=O) groups excluding carboxylic acids is 2. The van der Waals surface area contributed by atoms with E-state index >= 15 is 0 Å². The number of imide groups is 1. The third-order valence-corrected chi connectivity index (χ3v) is 4.41. The molecule has 1 aliphatic heterocycles. The summed E-state index contributed by atoms with van der Waals surface area (Å²) in [5.41, 5.74) is 1.23. The summed E-state index contributed by atoms with van der Waals surface area (Å²) >= 11 is 2.07. The summed E-state index contributed by atoms with van der Waals surface area (Å²) in [7, 11) is 1.49. The van der Waals surface area contributed by atoms with E-state index in [1.54, 1.807) is 30.3 Å². The smallest absolute Gasteiger partial charge is 0.326 e. The van der Waals surface area contributed by atoms with Crippen molar-refractivity contribution in [2.24, 2.45) is 0 Å². The van der Waals surface area contributed by atoms with Crippen molar-refractivity contribution in [3.05, 3.63) is 62.6 Å². The van der Waals surface area contributed by atoms with Crippen LogP contribution in [0.3, 0.4) is 0 Å². The molecule has 0 bridgehead atoms. The van der Waals surface area contributed by atoms with Crippen molar-refractivity contribution in [3.8, 4) is 11.5 Å². The maximum Gasteiger partial charge on any atom is 0.326 e. The van der Waals surface area contributed by atoms with Crippen molar-refractivity contribution in [2.45, 2.75) is 6.61 Å². The van der Waals surface area contributed by atoms with E-state index in [-0.39, 0.29) is 18.1 Å². The molecule has 1 saturated heterocycles. The first-order valence-electron chi connectivity index (χ1n) is 7.55. The minimum absolute atomic E-state index is 0.0535. The summed E-state index contributed by atoms with van der Waals surface area (Å²) < 4.78 is 25.6. The molecule has 1 fully saturated rings. The summed E-state index contributed by atoms with van der Waals surface area (Å²) in [6.45, 7) is 0.0535. The van der Waals surface area contributed by atoms with E-state index in [2.05, 4.69) is 33.2 Å². The molecule has 26 heavy (non-hydrogen) atoms. The highest BCUT2D eigenvalue weighted by atomic mass is 127. The molecule has 2 aromatic rings. The lowest BCUT2D eigenvalue weighted by molar-refractivity contribution is -0.115. The lowest BCUT2D eigenvalue weighted by atomic mass is 10.1. The van der Waals surface area contributed by atoms with Crippen LogP contribution in [-0.4, -0.2) is 19.0 Å². The first-order valence-corrected chi connectivity index (χ1v) is 8.63. The van der Waals surface area contributed by atoms with Gasteiger partial charge in [-0.15, -0.1) is 0 Å². The van der Waals surface area contributed by atoms with Gasteiger partial charge in [-0.3, -0.25) is 10.1 Å². The van der Waals surface area contributed by atoms with Crippen molar-refractivity contribution in [1.29, 1.82) is 0 Å². The number of carbonyl (C=O) groups is 2. The van der Waals surface area contributed by atoms with Gasteiger partial charge in [-0.05, 0) is 52.4 Å². The van der Waals surface area contributed by atoms with Crippen LogP contribution in [0.4, 0.5) is 9.18 Å². The van der Waals surface area contributed by atoms with E-state index in [9.17, 15) is 14.0 Å². The molecule has 0 atom stereocenters. The Morgan fingerprint density at radius 3 is 2.62 bits per heavy atom. The average Bonchev–Trinajstić information content (AvgIpc) is 2.92. The number of rotatable bonds is 5. The van der Waals surface area contributed by atoms with Crippen molar-refractivity contribution in [2.75, 3.05) is 7.11 Å². The Labute approximate surface area is 162 Å². The van der Waals surface area contributed by atoms with Gasteiger partial charge in [0.25, 0.3) is 5.91 Å². The van der Waals surface area contributed by atoms with Crippen molar-refractivity contribution in [1.82, 2.24) is 10.6 Å². The molecule has 0 unspecified atom stereocenters. The molecule has 0 aromatic heterocycles. The number of nitrogens with one attached hydrogen (secondary N) is 2. The zero-order valence-corrected chi connectivity index (χ0v) is 15.8. The largest absolute Gasteiger partial charge is 0.493 e. The molecule has 6 nitrogen and oxygen atoms in total. The van der Waals surface area contributed by atoms with Crippen molar-refractivity contribution >= 4 is 40.6 Å². The fourth-order valence-corrected chi connectivity index (χ4v) is 3.16. The number of methoxy groups -OCH3 is 1. The minimum Gasteiger partial charge on any atom is -0.493 e. The molecule has 0 saturated carbocycles. The molecule has 2 N–H and O–H groups in total. The van der Waals surface area contributed by atoms with E-state index < -0.39 is 11.9 Å². The van der Waals surface area contributed by atoms with Crippen molar-refractivity contribution < 1.29 is 23.5 Å². The highest BCUT2D eigenvalue weighted by Crippen LogP contribution is 2.35. The second kappa shape index (κ2) is 7.73. The summed E-state index contributed by atoms with van der Waals surface area (Å²) in [6.07, 6.45) is 1.53. The van der Waals surface area contributed by atoms with Gasteiger partial charge >= 0.3 is 6.03 Å². The van der Waals surface area contributed by atoms with Gasteiger partial charge in [-0.1, -0.05) is 18.2 Å². The molecule has 8 heteroatoms. The molecular weight excluding hydrogens is 454 g/mol. The van der Waals surface area contributed by atoms with Gasteiger partial charge in [-0.25, -0.2) is 9.18 Å². The summed E-state index contributed by atoms with van der Waals surface area (Å²) in [6, 6.07) is 9.25. The number of hydrogen-bond donors (Lipinski definition) is 2. The van der Waals surface area contributed by atoms with Crippen molar-refractivity contribution in [3.63, 3.8) is 0 Å². The van der Waals surface area contributed by atoms with Gasteiger partial charge in [0, 0.05) is 5.56 Å². The Hall–Kier alpha value is -2.62. The lowest BCUT2D eigenvalue weighted by Gasteiger charge is -2.14. The molecule has 1 heterocycles. The fourth-order valence-electron chi connectivity index (χ4n) is 2.38. The van der Waals surface area contributed by atoms with Crippen LogP contribution in [0.2, 0.25) is 0 Å². The van der Waals surface area contributed by atoms with E-state index in [0.29, 0.717) is 22.6 Å². The van der Waals surface area contributed by atoms with Crippen LogP contribution in [0.1, 0.15) is 11.1 Å². The second-order valence-electron chi connectivity index (χ2n) is 5.38. The molecular formula is C18H14FIN2O4. The van der Waals surface area contributed by atoms with Gasteiger partial charge in [0.05, 0.1) is 10.7 Å². The van der Waals surface area contributed by atoms with E-state index in [1.807, 2.05) is 0 Å². The van der Waals surface area contributed by atoms with Gasteiger partial charge in [0.15, 0.2) is 11.5 Å². The number of ether oxygens (including phenoxy) is 2. The SMILES string of the molecule is COc1cc(/C=C2/NC(=O)NC2=O)cc(I)c1OCc1ccccc1F. The zero-order valence-electron chi connectivity index (χ0n) is 13.6. The quantitative estimate of drug-likeness (QED) is 0.402. The van der Waals surface area contributed by atoms with Gasteiger partial charge in [0.1, 0.15) is 18.1 Å². The Bertz CT molecular complexity index is 914. The molecule has 0 radical (unpaired) electrons. The fraction of sp³-hybridized carbons (Fsp3) is 0.111. The van der Waals surface area contributed by atoms with Crippen LogP contribution in [-0.2, 0) is 11.4 Å². The molecule has 134 valence electrons. The van der Waals surface area contributed by atoms with Crippen LogP contribution < -0.4 is 20.1 Å². The van der Waals surface area contributed by atoms with Crippen LogP contribution >= 0.6 is 22.6 Å². The van der Waals surface area contributed by atoms with Crippen LogP contribution in [0.5, 0.6) is 11.5 Å². The third kappa shape index (κ3) is 3.96. The second-order valence-corrected chi connectivity index (χ2v) is 6.54. The van der Waals surface area contributed by atoms with E-state index in [0.717, 1.165) is 3.57 Å². The topological polar surface area (TPSA) is 76.7 Å². The van der Waals surface area contributed by atoms with E-state index in [1.165, 1.54) is 19.3 Å². The molecule has 0 aliphatic carbocycles. The summed E-state index contributed by atoms with van der Waals surface area (Å²) in [5, 5.41) is 4.56. The number of urea groups is 1. The predicted molar refractivity (Wildman–Crippen MR) is 101 cm³/mol. The Morgan fingerprint density at radius 2 is 1.96 bits per heavy atom. The normalized spacial score (nSPS) is 15.0. The Balaban J connectivity index is 1.86. The Kier molecular flexibility index (Phi) is 5.40. The summed E-state index contributed by atoms with van der Waals surface area (Å²) in [4.78, 5) is 22.8. The third-order valence-electron chi connectivity index (χ3n) is 3.61. The van der Waals surface area contributed by atoms with Crippen LogP contribution in [0, 0.1) is 9.39 Å². The highest BCUT2D eigenvalue weighted by molar-refractivity contribution is 14.1. The minimum atomic E-state index is -0.562. The first kappa shape index (κ1) is 18.2. The zero-order chi connectivity index (χ0) is 18.7. The first-order chi connectivity index (χ1) is 12.5. The van der Waals surface area contributed by atoms with E-state index in [4.69, 9.17) is 9.47 Å². The van der Waals surface area contributed by atoms with Gasteiger partial charge in [-0.2, -0.15) is 0 Å². The highest BCUT2D eigenvalue weighted by Gasteiger charge is 2.23. The molecule has 0 spiro atoms. The molecule has 2 aromatic carbocycles. The maximum absolute atomic E-state index is 13.7. The van der Waals surface area contributed by atoms with Crippen LogP contribution in [0.15, 0.2) is 42.1 Å². The lowest BCUT2D eigenvalue weighted by Crippen LogP contribution is -2.22. The number of hydrogen-bond acceptors (Lipinski definition) is 4. The summed E-state index contributed by atoms with van der Waals surface area (Å²) in [5.74, 6) is 0.0675. The van der Waals surface area contributed by atoms with Crippen LogP contribution in [0.25, 0.3) is 6.08 Å². The number of halogens is 2. The maximum atomic E-state index is 13.7. The molecule has 1 aliphatic rings. The predicted octanol–water partition coefficient (Wildman–Crippen LogP) is 3.20. The number of amides is 3.